The molecule has 9 nitrogen and oxygen atoms in total. The summed E-state index contributed by atoms with van der Waals surface area (Å²) in [6, 6.07) is 5.75. The first-order chi connectivity index (χ1) is 14.0. The number of carbonyl (C=O) groups is 1. The number of piperidine rings is 1. The van der Waals surface area contributed by atoms with Crippen molar-refractivity contribution in [3.05, 3.63) is 48.0 Å². The van der Waals surface area contributed by atoms with Crippen LogP contribution in [0.4, 0.5) is 16.0 Å². The second-order valence-corrected chi connectivity index (χ2v) is 6.92. The monoisotopic (exact) mass is 397 g/mol. The smallest absolute Gasteiger partial charge is 0.257 e. The van der Waals surface area contributed by atoms with Crippen molar-refractivity contribution >= 4 is 17.5 Å². The molecule has 1 aliphatic rings. The number of carbonyl (C=O) groups excluding carboxylic acids is 1. The van der Waals surface area contributed by atoms with Crippen LogP contribution >= 0.6 is 0 Å². The van der Waals surface area contributed by atoms with E-state index in [1.165, 1.54) is 16.8 Å². The maximum atomic E-state index is 14.2. The summed E-state index contributed by atoms with van der Waals surface area (Å²) in [7, 11) is 1.68. The summed E-state index contributed by atoms with van der Waals surface area (Å²) in [4.78, 5) is 23.3. The number of hydrogen-bond donors (Lipinski definition) is 2. The molecule has 0 bridgehead atoms. The lowest BCUT2D eigenvalue weighted by Gasteiger charge is -2.30. The lowest BCUT2D eigenvalue weighted by molar-refractivity contribution is 0.102. The maximum absolute atomic E-state index is 14.2. The number of aliphatic hydroxyl groups is 1. The van der Waals surface area contributed by atoms with Crippen LogP contribution < -0.4 is 10.2 Å². The molecule has 10 heteroatoms. The highest BCUT2D eigenvalue weighted by Crippen LogP contribution is 2.23. The van der Waals surface area contributed by atoms with Crippen molar-refractivity contribution in [1.29, 1.82) is 0 Å². The van der Waals surface area contributed by atoms with Gasteiger partial charge in [-0.3, -0.25) is 9.48 Å². The van der Waals surface area contributed by atoms with Gasteiger partial charge in [0.1, 0.15) is 11.6 Å². The third-order valence-corrected chi connectivity index (χ3v) is 4.69. The van der Waals surface area contributed by atoms with E-state index in [0.717, 1.165) is 6.07 Å². The number of nitrogens with one attached hydrogen (secondary N) is 1. The second kappa shape index (κ2) is 7.92. The number of nitrogens with zero attached hydrogens (tertiary/aromatic N) is 6. The number of rotatable bonds is 4. The topological polar surface area (TPSA) is 109 Å². The predicted octanol–water partition coefficient (Wildman–Crippen LogP) is 1.62. The summed E-state index contributed by atoms with van der Waals surface area (Å²) >= 11 is 0. The first-order valence-corrected chi connectivity index (χ1v) is 9.22. The highest BCUT2D eigenvalue weighted by atomic mass is 19.1. The lowest BCUT2D eigenvalue weighted by atomic mass is 10.1. The number of aromatic nitrogens is 5. The van der Waals surface area contributed by atoms with E-state index >= 15 is 0 Å². The number of benzene rings is 1. The summed E-state index contributed by atoms with van der Waals surface area (Å²) in [5.41, 5.74) is 0.522. The molecule has 2 aromatic heterocycles. The van der Waals surface area contributed by atoms with Crippen LogP contribution in [-0.2, 0) is 7.05 Å². The highest BCUT2D eigenvalue weighted by Gasteiger charge is 2.19. The number of halogens is 1. The Labute approximate surface area is 166 Å². The van der Waals surface area contributed by atoms with Crippen LogP contribution in [0, 0.1) is 5.82 Å². The zero-order valence-corrected chi connectivity index (χ0v) is 15.8. The van der Waals surface area contributed by atoms with Crippen molar-refractivity contribution in [1.82, 2.24) is 25.0 Å². The quantitative estimate of drug-likeness (QED) is 0.689. The minimum absolute atomic E-state index is 0.126. The molecule has 4 rings (SSSR count). The van der Waals surface area contributed by atoms with Crippen molar-refractivity contribution < 1.29 is 14.3 Å². The SMILES string of the molecule is Cn1cc(NC(=O)c2cc(F)cc(-c3nccc(N4CCC(O)CC4)n3)c2)nn1. The normalized spacial score (nSPS) is 14.8. The summed E-state index contributed by atoms with van der Waals surface area (Å²) < 4.78 is 15.7. The molecule has 29 heavy (non-hydrogen) atoms. The zero-order valence-electron chi connectivity index (χ0n) is 15.8. The van der Waals surface area contributed by atoms with Gasteiger partial charge in [-0.05, 0) is 37.1 Å². The minimum atomic E-state index is -0.568. The van der Waals surface area contributed by atoms with Gasteiger partial charge in [0.2, 0.25) is 0 Å². The Kier molecular flexibility index (Phi) is 5.17. The van der Waals surface area contributed by atoms with Gasteiger partial charge >= 0.3 is 0 Å². The fourth-order valence-electron chi connectivity index (χ4n) is 3.20. The van der Waals surface area contributed by atoms with Gasteiger partial charge < -0.3 is 15.3 Å². The Morgan fingerprint density at radius 3 is 2.79 bits per heavy atom. The van der Waals surface area contributed by atoms with Gasteiger partial charge in [0.25, 0.3) is 5.91 Å². The van der Waals surface area contributed by atoms with Crippen molar-refractivity contribution in [2.75, 3.05) is 23.3 Å². The van der Waals surface area contributed by atoms with Gasteiger partial charge in [-0.2, -0.15) is 0 Å². The van der Waals surface area contributed by atoms with Crippen LogP contribution in [0.5, 0.6) is 0 Å². The molecule has 0 radical (unpaired) electrons. The van der Waals surface area contributed by atoms with Gasteiger partial charge in [0, 0.05) is 37.5 Å². The second-order valence-electron chi connectivity index (χ2n) is 6.92. The molecule has 1 aliphatic heterocycles. The molecule has 1 fully saturated rings. The molecule has 2 N–H and O–H groups in total. The molecule has 150 valence electrons. The Morgan fingerprint density at radius 2 is 2.07 bits per heavy atom. The first-order valence-electron chi connectivity index (χ1n) is 9.22. The molecule has 0 atom stereocenters. The van der Waals surface area contributed by atoms with Gasteiger partial charge in [-0.25, -0.2) is 14.4 Å². The molecule has 0 spiro atoms. The average molecular weight is 397 g/mol. The molecular formula is C19H20FN7O2. The molecule has 1 saturated heterocycles. The molecular weight excluding hydrogens is 377 g/mol. The van der Waals surface area contributed by atoms with Crippen LogP contribution in [0.25, 0.3) is 11.4 Å². The Hall–Kier alpha value is -3.40. The molecule has 0 saturated carbocycles. The van der Waals surface area contributed by atoms with Crippen LogP contribution in [0.2, 0.25) is 0 Å². The number of aliphatic hydroxyl groups excluding tert-OH is 1. The molecule has 3 heterocycles. The third kappa shape index (κ3) is 4.37. The number of anilines is 2. The van der Waals surface area contributed by atoms with Crippen molar-refractivity contribution in [2.45, 2.75) is 18.9 Å². The number of aryl methyl sites for hydroxylation is 1. The van der Waals surface area contributed by atoms with Crippen LogP contribution in [0.15, 0.2) is 36.7 Å². The zero-order chi connectivity index (χ0) is 20.4. The van der Waals surface area contributed by atoms with Gasteiger partial charge in [-0.1, -0.05) is 5.21 Å². The fourth-order valence-corrected chi connectivity index (χ4v) is 3.20. The number of hydrogen-bond acceptors (Lipinski definition) is 7. The van der Waals surface area contributed by atoms with E-state index < -0.39 is 11.7 Å². The van der Waals surface area contributed by atoms with Crippen molar-refractivity contribution in [2.24, 2.45) is 7.05 Å². The van der Waals surface area contributed by atoms with E-state index in [0.29, 0.717) is 43.1 Å². The van der Waals surface area contributed by atoms with E-state index in [1.807, 2.05) is 0 Å². The van der Waals surface area contributed by atoms with Gasteiger partial charge in [-0.15, -0.1) is 5.10 Å². The third-order valence-electron chi connectivity index (χ3n) is 4.69. The Balaban J connectivity index is 1.59. The Bertz CT molecular complexity index is 1030. The predicted molar refractivity (Wildman–Crippen MR) is 104 cm³/mol. The van der Waals surface area contributed by atoms with E-state index in [4.69, 9.17) is 0 Å². The summed E-state index contributed by atoms with van der Waals surface area (Å²) in [5, 5.41) is 19.8. The number of amides is 1. The van der Waals surface area contributed by atoms with Crippen LogP contribution in [0.3, 0.4) is 0 Å². The van der Waals surface area contributed by atoms with Gasteiger partial charge in [0.05, 0.1) is 12.3 Å². The average Bonchev–Trinajstić information content (AvgIpc) is 3.13. The standard InChI is InChI=1S/C19H20FN7O2/c1-26-11-16(24-25-26)22-19(29)13-8-12(9-14(20)10-13)18-21-5-2-17(23-18)27-6-3-15(28)4-7-27/h2,5,8-11,15,28H,3-4,6-7H2,1H3,(H,22,29). The van der Waals surface area contributed by atoms with Crippen molar-refractivity contribution in [3.8, 4) is 11.4 Å². The first kappa shape index (κ1) is 18.9. The maximum Gasteiger partial charge on any atom is 0.257 e. The summed E-state index contributed by atoms with van der Waals surface area (Å²) in [5.74, 6) is 0.224. The summed E-state index contributed by atoms with van der Waals surface area (Å²) in [6.45, 7) is 1.37. The van der Waals surface area contributed by atoms with Crippen LogP contribution in [-0.4, -0.2) is 55.2 Å². The largest absolute Gasteiger partial charge is 0.393 e. The van der Waals surface area contributed by atoms with Crippen molar-refractivity contribution in [3.63, 3.8) is 0 Å². The minimum Gasteiger partial charge on any atom is -0.393 e. The van der Waals surface area contributed by atoms with E-state index in [2.05, 4.69) is 30.5 Å². The van der Waals surface area contributed by atoms with Crippen LogP contribution in [0.1, 0.15) is 23.2 Å². The van der Waals surface area contributed by atoms with E-state index in [-0.39, 0.29) is 17.5 Å². The fraction of sp³-hybridized carbons (Fsp3) is 0.316. The van der Waals surface area contributed by atoms with E-state index in [9.17, 15) is 14.3 Å². The Morgan fingerprint density at radius 1 is 1.28 bits per heavy atom. The lowest BCUT2D eigenvalue weighted by Crippen LogP contribution is -2.36. The molecule has 1 aromatic carbocycles. The molecule has 0 aliphatic carbocycles. The molecule has 3 aromatic rings. The van der Waals surface area contributed by atoms with Gasteiger partial charge in [0.15, 0.2) is 11.6 Å². The van der Waals surface area contributed by atoms with E-state index in [1.54, 1.807) is 25.5 Å². The molecule has 0 unspecified atom stereocenters. The highest BCUT2D eigenvalue weighted by molar-refractivity contribution is 6.04. The summed E-state index contributed by atoms with van der Waals surface area (Å²) in [6.07, 6.45) is 4.21. The molecule has 1 amide bonds.